The highest BCUT2D eigenvalue weighted by Gasteiger charge is 2.19. The number of carbonyl (C=O) groups is 1. The van der Waals surface area contributed by atoms with E-state index in [0.29, 0.717) is 23.5 Å². The minimum atomic E-state index is 0.171. The third-order valence-corrected chi connectivity index (χ3v) is 5.62. The molecular weight excluding hydrogens is 368 g/mol. The van der Waals surface area contributed by atoms with Gasteiger partial charge in [-0.15, -0.1) is 0 Å². The number of fused-ring (bicyclic) bond motifs is 1. The van der Waals surface area contributed by atoms with E-state index in [4.69, 9.17) is 14.2 Å². The molecule has 1 fully saturated rings. The number of carbonyl (C=O) groups excluding carboxylic acids is 1. The maximum absolute atomic E-state index is 12.4. The van der Waals surface area contributed by atoms with Crippen molar-refractivity contribution in [2.24, 2.45) is 0 Å². The molecule has 2 aromatic rings. The van der Waals surface area contributed by atoms with Crippen LogP contribution in [0.3, 0.4) is 0 Å². The number of unbranched alkanes of at least 4 members (excludes halogenated alkanes) is 1. The highest BCUT2D eigenvalue weighted by molar-refractivity contribution is 5.96. The highest BCUT2D eigenvalue weighted by Crippen LogP contribution is 2.33. The lowest BCUT2D eigenvalue weighted by Gasteiger charge is -2.36. The molecule has 0 N–H and O–H groups in total. The van der Waals surface area contributed by atoms with E-state index in [9.17, 15) is 4.79 Å². The normalized spacial score (nSPS) is 16.1. The molecule has 6 nitrogen and oxygen atoms in total. The molecule has 2 aliphatic rings. The zero-order valence-corrected chi connectivity index (χ0v) is 16.9. The van der Waals surface area contributed by atoms with Gasteiger partial charge in [-0.3, -0.25) is 9.69 Å². The summed E-state index contributed by atoms with van der Waals surface area (Å²) in [6.07, 6.45) is 2.51. The molecule has 0 amide bonds. The molecule has 154 valence electrons. The van der Waals surface area contributed by atoms with Crippen LogP contribution in [0.2, 0.25) is 0 Å². The van der Waals surface area contributed by atoms with Crippen LogP contribution in [0, 0.1) is 0 Å². The Bertz CT molecular complexity index is 847. The van der Waals surface area contributed by atoms with Crippen molar-refractivity contribution in [3.05, 3.63) is 48.0 Å². The predicted octanol–water partition coefficient (Wildman–Crippen LogP) is 3.60. The van der Waals surface area contributed by atoms with Gasteiger partial charge in [0.1, 0.15) is 5.75 Å². The number of methoxy groups -OCH3 is 1. The van der Waals surface area contributed by atoms with E-state index < -0.39 is 0 Å². The average molecular weight is 396 g/mol. The second kappa shape index (κ2) is 9.18. The Hall–Kier alpha value is -2.73. The number of ether oxygens (including phenoxy) is 3. The van der Waals surface area contributed by atoms with Crippen molar-refractivity contribution in [3.8, 4) is 17.2 Å². The molecule has 0 atom stereocenters. The number of ketones is 1. The molecule has 0 saturated carbocycles. The lowest BCUT2D eigenvalue weighted by atomic mass is 10.0. The van der Waals surface area contributed by atoms with Gasteiger partial charge in [0.05, 0.1) is 12.8 Å². The molecule has 29 heavy (non-hydrogen) atoms. The largest absolute Gasteiger partial charge is 0.495 e. The van der Waals surface area contributed by atoms with Gasteiger partial charge >= 0.3 is 0 Å². The van der Waals surface area contributed by atoms with Crippen molar-refractivity contribution >= 4 is 11.5 Å². The number of benzene rings is 2. The zero-order valence-electron chi connectivity index (χ0n) is 16.9. The first-order valence-corrected chi connectivity index (χ1v) is 10.3. The van der Waals surface area contributed by atoms with Crippen LogP contribution in [0.4, 0.5) is 5.69 Å². The first-order chi connectivity index (χ1) is 14.2. The third-order valence-electron chi connectivity index (χ3n) is 5.62. The van der Waals surface area contributed by atoms with E-state index >= 15 is 0 Å². The van der Waals surface area contributed by atoms with Crippen LogP contribution in [0.1, 0.15) is 29.6 Å². The standard InChI is InChI=1S/C23H28N2O4/c1-27-21-8-3-2-6-19(21)25-14-12-24(13-15-25)11-5-4-7-20(26)18-9-10-22-23(16-18)29-17-28-22/h2-3,6,8-10,16H,4-5,7,11-15,17H2,1H3. The van der Waals surface area contributed by atoms with Gasteiger partial charge < -0.3 is 19.1 Å². The Labute approximate surface area is 172 Å². The Morgan fingerprint density at radius 1 is 1.00 bits per heavy atom. The van der Waals surface area contributed by atoms with E-state index in [2.05, 4.69) is 21.9 Å². The molecule has 1 saturated heterocycles. The number of anilines is 1. The fourth-order valence-electron chi connectivity index (χ4n) is 3.94. The van der Waals surface area contributed by atoms with Crippen LogP contribution < -0.4 is 19.1 Å². The summed E-state index contributed by atoms with van der Waals surface area (Å²) in [7, 11) is 1.72. The molecule has 6 heteroatoms. The summed E-state index contributed by atoms with van der Waals surface area (Å²) in [6, 6.07) is 13.6. The molecule has 0 unspecified atom stereocenters. The molecular formula is C23H28N2O4. The Balaban J connectivity index is 1.18. The van der Waals surface area contributed by atoms with Gasteiger partial charge in [0.15, 0.2) is 17.3 Å². The summed E-state index contributed by atoms with van der Waals surface area (Å²) >= 11 is 0. The Morgan fingerprint density at radius 3 is 2.62 bits per heavy atom. The van der Waals surface area contributed by atoms with E-state index in [0.717, 1.165) is 51.3 Å². The van der Waals surface area contributed by atoms with Gasteiger partial charge in [-0.25, -0.2) is 0 Å². The highest BCUT2D eigenvalue weighted by atomic mass is 16.7. The Kier molecular flexibility index (Phi) is 6.20. The molecule has 2 aromatic carbocycles. The van der Waals surface area contributed by atoms with Crippen LogP contribution >= 0.6 is 0 Å². The SMILES string of the molecule is COc1ccccc1N1CCN(CCCCC(=O)c2ccc3c(c2)OCO3)CC1. The fraction of sp³-hybridized carbons (Fsp3) is 0.435. The summed E-state index contributed by atoms with van der Waals surface area (Å²) in [5.74, 6) is 2.49. The van der Waals surface area contributed by atoms with Crippen molar-refractivity contribution < 1.29 is 19.0 Å². The molecule has 4 rings (SSSR count). The lowest BCUT2D eigenvalue weighted by molar-refractivity contribution is 0.0977. The molecule has 0 spiro atoms. The second-order valence-corrected chi connectivity index (χ2v) is 7.45. The maximum Gasteiger partial charge on any atom is 0.231 e. The molecule has 2 aliphatic heterocycles. The summed E-state index contributed by atoms with van der Waals surface area (Å²) in [5, 5.41) is 0. The van der Waals surface area contributed by atoms with Crippen molar-refractivity contribution in [3.63, 3.8) is 0 Å². The van der Waals surface area contributed by atoms with Crippen LogP contribution in [0.25, 0.3) is 0 Å². The quantitative estimate of drug-likeness (QED) is 0.502. The first kappa shape index (κ1) is 19.6. The minimum absolute atomic E-state index is 0.171. The van der Waals surface area contributed by atoms with Gasteiger partial charge in [0.25, 0.3) is 0 Å². The third kappa shape index (κ3) is 4.65. The number of rotatable bonds is 8. The first-order valence-electron chi connectivity index (χ1n) is 10.3. The number of para-hydroxylation sites is 2. The van der Waals surface area contributed by atoms with Crippen molar-refractivity contribution in [1.29, 1.82) is 0 Å². The van der Waals surface area contributed by atoms with E-state index in [1.54, 1.807) is 13.2 Å². The summed E-state index contributed by atoms with van der Waals surface area (Å²) in [6.45, 7) is 5.33. The molecule has 0 radical (unpaired) electrons. The monoisotopic (exact) mass is 396 g/mol. The number of nitrogens with zero attached hydrogens (tertiary/aromatic N) is 2. The second-order valence-electron chi connectivity index (χ2n) is 7.45. The fourth-order valence-corrected chi connectivity index (χ4v) is 3.94. The van der Waals surface area contributed by atoms with Crippen LogP contribution in [-0.2, 0) is 0 Å². The Morgan fingerprint density at radius 2 is 1.79 bits per heavy atom. The molecule has 0 aromatic heterocycles. The van der Waals surface area contributed by atoms with Gasteiger partial charge in [0, 0.05) is 38.2 Å². The van der Waals surface area contributed by atoms with Gasteiger partial charge in [-0.1, -0.05) is 12.1 Å². The van der Waals surface area contributed by atoms with Crippen LogP contribution in [-0.4, -0.2) is 57.3 Å². The summed E-state index contributed by atoms with van der Waals surface area (Å²) in [4.78, 5) is 17.3. The number of Topliss-reactive ketones (excluding diaryl/α,β-unsaturated/α-hetero) is 1. The number of hydrogen-bond donors (Lipinski definition) is 0. The van der Waals surface area contributed by atoms with Gasteiger partial charge in [-0.2, -0.15) is 0 Å². The maximum atomic E-state index is 12.4. The molecule has 2 heterocycles. The van der Waals surface area contributed by atoms with Gasteiger partial charge in [-0.05, 0) is 49.7 Å². The number of piperazine rings is 1. The topological polar surface area (TPSA) is 51.2 Å². The van der Waals surface area contributed by atoms with Crippen molar-refractivity contribution in [2.45, 2.75) is 19.3 Å². The van der Waals surface area contributed by atoms with Crippen molar-refractivity contribution in [2.75, 3.05) is 51.5 Å². The number of hydrogen-bond acceptors (Lipinski definition) is 6. The molecule has 0 aliphatic carbocycles. The predicted molar refractivity (Wildman–Crippen MR) is 112 cm³/mol. The van der Waals surface area contributed by atoms with Crippen molar-refractivity contribution in [1.82, 2.24) is 4.90 Å². The van der Waals surface area contributed by atoms with Crippen LogP contribution in [0.5, 0.6) is 17.2 Å². The van der Waals surface area contributed by atoms with E-state index in [1.807, 2.05) is 24.3 Å². The lowest BCUT2D eigenvalue weighted by Crippen LogP contribution is -2.46. The average Bonchev–Trinajstić information content (AvgIpc) is 3.25. The van der Waals surface area contributed by atoms with Crippen LogP contribution in [0.15, 0.2) is 42.5 Å². The van der Waals surface area contributed by atoms with Gasteiger partial charge in [0.2, 0.25) is 6.79 Å². The zero-order chi connectivity index (χ0) is 20.1. The molecule has 0 bridgehead atoms. The summed E-state index contributed by atoms with van der Waals surface area (Å²) < 4.78 is 16.1. The smallest absolute Gasteiger partial charge is 0.231 e. The van der Waals surface area contributed by atoms with E-state index in [-0.39, 0.29) is 12.6 Å². The summed E-state index contributed by atoms with van der Waals surface area (Å²) in [5.41, 5.74) is 1.88. The minimum Gasteiger partial charge on any atom is -0.495 e. The van der Waals surface area contributed by atoms with E-state index in [1.165, 1.54) is 5.69 Å².